The van der Waals surface area contributed by atoms with Gasteiger partial charge in [0.2, 0.25) is 5.91 Å². The van der Waals surface area contributed by atoms with Crippen molar-refractivity contribution in [2.45, 2.75) is 85.6 Å². The molecule has 0 fully saturated rings. The molecule has 0 bridgehead atoms. The van der Waals surface area contributed by atoms with Gasteiger partial charge in [0, 0.05) is 6.54 Å². The highest BCUT2D eigenvalue weighted by Gasteiger charge is 2.42. The van der Waals surface area contributed by atoms with Crippen LogP contribution >= 0.6 is 0 Å². The second kappa shape index (κ2) is 8.66. The molecule has 1 unspecified atom stereocenters. The smallest absolute Gasteiger partial charge is 0.238 e. The van der Waals surface area contributed by atoms with E-state index in [0.29, 0.717) is 5.92 Å². The fourth-order valence-corrected chi connectivity index (χ4v) is 3.00. The van der Waals surface area contributed by atoms with Crippen molar-refractivity contribution in [2.24, 2.45) is 17.1 Å². The van der Waals surface area contributed by atoms with Crippen LogP contribution in [-0.2, 0) is 4.79 Å². The largest absolute Gasteiger partial charge is 0.368 e. The van der Waals surface area contributed by atoms with Crippen molar-refractivity contribution in [2.75, 3.05) is 6.54 Å². The lowest BCUT2D eigenvalue weighted by molar-refractivity contribution is -0.127. The third kappa shape index (κ3) is 5.82. The van der Waals surface area contributed by atoms with Gasteiger partial charge in [-0.1, -0.05) is 60.8 Å². The molecule has 1 amide bonds. The molecule has 0 aromatic rings. The quantitative estimate of drug-likeness (QED) is 0.640. The van der Waals surface area contributed by atoms with Gasteiger partial charge in [-0.25, -0.2) is 0 Å². The molecule has 1 atom stereocenters. The first-order valence-corrected chi connectivity index (χ1v) is 8.28. The SMILES string of the molecule is CCCC(CCC)C(CCC)(NCC(C)(C)C)C(N)=O. The van der Waals surface area contributed by atoms with Crippen LogP contribution in [0.2, 0.25) is 0 Å². The normalized spacial score (nSPS) is 15.3. The Labute approximate surface area is 126 Å². The van der Waals surface area contributed by atoms with Gasteiger partial charge in [0.1, 0.15) is 5.54 Å². The number of hydrogen-bond acceptors (Lipinski definition) is 2. The first-order chi connectivity index (χ1) is 9.23. The molecule has 3 nitrogen and oxygen atoms in total. The van der Waals surface area contributed by atoms with E-state index in [1.165, 1.54) is 0 Å². The van der Waals surface area contributed by atoms with Crippen molar-refractivity contribution < 1.29 is 4.79 Å². The first kappa shape index (κ1) is 19.4. The van der Waals surface area contributed by atoms with Gasteiger partial charge in [-0.15, -0.1) is 0 Å². The van der Waals surface area contributed by atoms with E-state index in [1.54, 1.807) is 0 Å². The van der Waals surface area contributed by atoms with Crippen LogP contribution in [0.4, 0.5) is 0 Å². The summed E-state index contributed by atoms with van der Waals surface area (Å²) in [6.45, 7) is 13.9. The van der Waals surface area contributed by atoms with E-state index < -0.39 is 5.54 Å². The van der Waals surface area contributed by atoms with Crippen LogP contribution in [0.15, 0.2) is 0 Å². The van der Waals surface area contributed by atoms with Crippen molar-refractivity contribution >= 4 is 5.91 Å². The minimum absolute atomic E-state index is 0.150. The summed E-state index contributed by atoms with van der Waals surface area (Å²) in [5.74, 6) is 0.174. The molecule has 0 heterocycles. The van der Waals surface area contributed by atoms with Gasteiger partial charge in [0.15, 0.2) is 0 Å². The summed E-state index contributed by atoms with van der Waals surface area (Å²) in [7, 11) is 0. The van der Waals surface area contributed by atoms with Crippen LogP contribution in [-0.4, -0.2) is 18.0 Å². The van der Waals surface area contributed by atoms with Gasteiger partial charge < -0.3 is 11.1 Å². The van der Waals surface area contributed by atoms with E-state index in [-0.39, 0.29) is 11.3 Å². The molecule has 120 valence electrons. The Balaban J connectivity index is 5.30. The fourth-order valence-electron chi connectivity index (χ4n) is 3.00. The standard InChI is InChI=1S/C17H36N2O/c1-7-10-14(11-8-2)17(12-9-3,15(18)20)19-13-16(4,5)6/h14,19H,7-13H2,1-6H3,(H2,18,20). The van der Waals surface area contributed by atoms with Gasteiger partial charge in [-0.3, -0.25) is 4.79 Å². The van der Waals surface area contributed by atoms with Crippen LogP contribution in [0.5, 0.6) is 0 Å². The summed E-state index contributed by atoms with van der Waals surface area (Å²) in [5, 5.41) is 3.57. The van der Waals surface area contributed by atoms with E-state index >= 15 is 0 Å². The minimum Gasteiger partial charge on any atom is -0.368 e. The average molecular weight is 284 g/mol. The summed E-state index contributed by atoms with van der Waals surface area (Å²) in [4.78, 5) is 12.3. The number of carbonyl (C=O) groups is 1. The molecular formula is C17H36N2O. The van der Waals surface area contributed by atoms with Crippen LogP contribution in [0, 0.1) is 11.3 Å². The number of amides is 1. The van der Waals surface area contributed by atoms with Crippen molar-refractivity contribution in [1.29, 1.82) is 0 Å². The summed E-state index contributed by atoms with van der Waals surface area (Å²) in [5.41, 5.74) is 5.46. The Morgan fingerprint density at radius 1 is 1.05 bits per heavy atom. The average Bonchev–Trinajstić information content (AvgIpc) is 2.33. The lowest BCUT2D eigenvalue weighted by Crippen LogP contribution is -2.61. The van der Waals surface area contributed by atoms with Crippen molar-refractivity contribution in [3.05, 3.63) is 0 Å². The second-order valence-corrected chi connectivity index (χ2v) is 7.27. The van der Waals surface area contributed by atoms with Gasteiger partial charge in [0.25, 0.3) is 0 Å². The van der Waals surface area contributed by atoms with Crippen molar-refractivity contribution in [1.82, 2.24) is 5.32 Å². The molecule has 0 saturated heterocycles. The minimum atomic E-state index is -0.534. The monoisotopic (exact) mass is 284 g/mol. The maximum absolute atomic E-state index is 12.3. The fraction of sp³-hybridized carbons (Fsp3) is 0.941. The van der Waals surface area contributed by atoms with Crippen LogP contribution in [0.3, 0.4) is 0 Å². The number of carbonyl (C=O) groups excluding carboxylic acids is 1. The lowest BCUT2D eigenvalue weighted by atomic mass is 9.74. The molecule has 0 spiro atoms. The summed E-state index contributed by atoms with van der Waals surface area (Å²) >= 11 is 0. The van der Waals surface area contributed by atoms with E-state index in [0.717, 1.165) is 45.1 Å². The number of rotatable bonds is 10. The molecule has 20 heavy (non-hydrogen) atoms. The molecular weight excluding hydrogens is 248 g/mol. The van der Waals surface area contributed by atoms with Crippen molar-refractivity contribution in [3.63, 3.8) is 0 Å². The van der Waals surface area contributed by atoms with Gasteiger partial charge >= 0.3 is 0 Å². The zero-order chi connectivity index (χ0) is 15.8. The Bertz CT molecular complexity index is 277. The second-order valence-electron chi connectivity index (χ2n) is 7.27. The molecule has 3 heteroatoms. The maximum Gasteiger partial charge on any atom is 0.238 e. The number of hydrogen-bond donors (Lipinski definition) is 2. The Morgan fingerprint density at radius 2 is 1.55 bits per heavy atom. The van der Waals surface area contributed by atoms with Crippen molar-refractivity contribution in [3.8, 4) is 0 Å². The van der Waals surface area contributed by atoms with Gasteiger partial charge in [-0.05, 0) is 30.6 Å². The zero-order valence-electron chi connectivity index (χ0n) is 14.5. The van der Waals surface area contributed by atoms with Gasteiger partial charge in [-0.2, -0.15) is 0 Å². The molecule has 0 rings (SSSR count). The topological polar surface area (TPSA) is 55.1 Å². The lowest BCUT2D eigenvalue weighted by Gasteiger charge is -2.41. The van der Waals surface area contributed by atoms with Gasteiger partial charge in [0.05, 0.1) is 0 Å². The molecule has 0 aromatic carbocycles. The van der Waals surface area contributed by atoms with E-state index in [1.807, 2.05) is 0 Å². The molecule has 0 aromatic heterocycles. The Hall–Kier alpha value is -0.570. The highest BCUT2D eigenvalue weighted by molar-refractivity contribution is 5.85. The number of primary amides is 1. The van der Waals surface area contributed by atoms with E-state index in [2.05, 4.69) is 46.9 Å². The van der Waals surface area contributed by atoms with Crippen LogP contribution in [0.1, 0.15) is 80.1 Å². The number of nitrogens with two attached hydrogens (primary N) is 1. The third-order valence-electron chi connectivity index (χ3n) is 3.99. The third-order valence-corrected chi connectivity index (χ3v) is 3.99. The molecule has 0 saturated carbocycles. The van der Waals surface area contributed by atoms with E-state index in [9.17, 15) is 4.79 Å². The molecule has 0 aliphatic rings. The van der Waals surface area contributed by atoms with E-state index in [4.69, 9.17) is 5.73 Å². The van der Waals surface area contributed by atoms with Crippen LogP contribution < -0.4 is 11.1 Å². The zero-order valence-corrected chi connectivity index (χ0v) is 14.5. The Morgan fingerprint density at radius 3 is 1.85 bits per heavy atom. The first-order valence-electron chi connectivity index (χ1n) is 8.28. The molecule has 3 N–H and O–H groups in total. The van der Waals surface area contributed by atoms with Crippen LogP contribution in [0.25, 0.3) is 0 Å². The highest BCUT2D eigenvalue weighted by Crippen LogP contribution is 2.32. The molecule has 0 aliphatic carbocycles. The summed E-state index contributed by atoms with van der Waals surface area (Å²) in [6, 6.07) is 0. The maximum atomic E-state index is 12.3. The molecule has 0 aliphatic heterocycles. The highest BCUT2D eigenvalue weighted by atomic mass is 16.1. The number of nitrogens with one attached hydrogen (secondary N) is 1. The summed E-state index contributed by atoms with van der Waals surface area (Å²) < 4.78 is 0. The summed E-state index contributed by atoms with van der Waals surface area (Å²) in [6.07, 6.45) is 6.14. The molecule has 0 radical (unpaired) electrons. The Kier molecular flexibility index (Phi) is 8.41. The predicted molar refractivity (Wildman–Crippen MR) is 87.6 cm³/mol. The predicted octanol–water partition coefficient (Wildman–Crippen LogP) is 3.86.